The first-order valence-corrected chi connectivity index (χ1v) is 6.03. The van der Waals surface area contributed by atoms with Gasteiger partial charge in [-0.1, -0.05) is 29.4 Å². The fourth-order valence-corrected chi connectivity index (χ4v) is 2.34. The number of nitrogens with zero attached hydrogens (tertiary/aromatic N) is 2. The zero-order chi connectivity index (χ0) is 12.5. The van der Waals surface area contributed by atoms with Crippen molar-refractivity contribution in [3.8, 4) is 0 Å². The van der Waals surface area contributed by atoms with Crippen molar-refractivity contribution in [2.75, 3.05) is 6.54 Å². The van der Waals surface area contributed by atoms with Crippen LogP contribution in [0, 0.1) is 6.92 Å². The number of hydrogen-bond donors (Lipinski definition) is 0. The van der Waals surface area contributed by atoms with Gasteiger partial charge in [0.05, 0.1) is 6.20 Å². The predicted octanol–water partition coefficient (Wildman–Crippen LogP) is 2.18. The highest BCUT2D eigenvalue weighted by atomic mass is 16.5. The van der Waals surface area contributed by atoms with E-state index in [1.807, 2.05) is 17.0 Å². The van der Waals surface area contributed by atoms with Crippen LogP contribution in [0.5, 0.6) is 0 Å². The quantitative estimate of drug-likeness (QED) is 0.770. The third-order valence-corrected chi connectivity index (χ3v) is 3.40. The van der Waals surface area contributed by atoms with E-state index < -0.39 is 0 Å². The molecule has 1 aromatic heterocycles. The third-order valence-electron chi connectivity index (χ3n) is 3.40. The summed E-state index contributed by atoms with van der Waals surface area (Å²) in [4.78, 5) is 14.2. The van der Waals surface area contributed by atoms with Crippen LogP contribution >= 0.6 is 0 Å². The SMILES string of the molecule is Cc1oncc1C(=O)N1CCc2ccccc2C1. The summed E-state index contributed by atoms with van der Waals surface area (Å²) in [6.07, 6.45) is 2.41. The number of carbonyl (C=O) groups is 1. The molecular weight excluding hydrogens is 228 g/mol. The highest BCUT2D eigenvalue weighted by molar-refractivity contribution is 5.94. The first kappa shape index (κ1) is 11.0. The number of amides is 1. The first-order valence-electron chi connectivity index (χ1n) is 6.03. The zero-order valence-corrected chi connectivity index (χ0v) is 10.2. The van der Waals surface area contributed by atoms with E-state index >= 15 is 0 Å². The van der Waals surface area contributed by atoms with Crippen LogP contribution < -0.4 is 0 Å². The Hall–Kier alpha value is -2.10. The number of benzene rings is 1. The largest absolute Gasteiger partial charge is 0.361 e. The van der Waals surface area contributed by atoms with Gasteiger partial charge in [-0.2, -0.15) is 0 Å². The van der Waals surface area contributed by atoms with Gasteiger partial charge in [0.15, 0.2) is 0 Å². The minimum Gasteiger partial charge on any atom is -0.361 e. The lowest BCUT2D eigenvalue weighted by molar-refractivity contribution is 0.0733. The molecule has 4 heteroatoms. The maximum Gasteiger partial charge on any atom is 0.259 e. The fraction of sp³-hybridized carbons (Fsp3) is 0.286. The molecule has 0 atom stereocenters. The molecule has 2 aromatic rings. The van der Waals surface area contributed by atoms with E-state index in [1.165, 1.54) is 17.3 Å². The lowest BCUT2D eigenvalue weighted by Crippen LogP contribution is -2.36. The maximum absolute atomic E-state index is 12.3. The van der Waals surface area contributed by atoms with Gasteiger partial charge in [0.25, 0.3) is 5.91 Å². The molecule has 0 spiro atoms. The second-order valence-electron chi connectivity index (χ2n) is 4.54. The molecule has 1 amide bonds. The molecule has 0 saturated heterocycles. The molecule has 1 aliphatic heterocycles. The van der Waals surface area contributed by atoms with E-state index in [0.717, 1.165) is 13.0 Å². The van der Waals surface area contributed by atoms with Crippen molar-refractivity contribution < 1.29 is 9.32 Å². The van der Waals surface area contributed by atoms with Crippen molar-refractivity contribution in [3.63, 3.8) is 0 Å². The summed E-state index contributed by atoms with van der Waals surface area (Å²) >= 11 is 0. The van der Waals surface area contributed by atoms with E-state index in [4.69, 9.17) is 4.52 Å². The van der Waals surface area contributed by atoms with Crippen molar-refractivity contribution in [2.45, 2.75) is 19.9 Å². The highest BCUT2D eigenvalue weighted by Gasteiger charge is 2.24. The molecule has 1 aliphatic rings. The van der Waals surface area contributed by atoms with Gasteiger partial charge in [-0.3, -0.25) is 4.79 Å². The molecule has 92 valence electrons. The van der Waals surface area contributed by atoms with Gasteiger partial charge in [0.1, 0.15) is 11.3 Å². The zero-order valence-electron chi connectivity index (χ0n) is 10.2. The summed E-state index contributed by atoms with van der Waals surface area (Å²) in [5.74, 6) is 0.585. The Labute approximate surface area is 105 Å². The molecule has 0 bridgehead atoms. The summed E-state index contributed by atoms with van der Waals surface area (Å²) < 4.78 is 4.95. The molecule has 0 aliphatic carbocycles. The lowest BCUT2D eigenvalue weighted by atomic mass is 9.99. The maximum atomic E-state index is 12.3. The molecule has 4 nitrogen and oxygen atoms in total. The van der Waals surface area contributed by atoms with Crippen LogP contribution in [-0.2, 0) is 13.0 Å². The molecule has 18 heavy (non-hydrogen) atoms. The normalized spacial score (nSPS) is 14.4. The van der Waals surface area contributed by atoms with Crippen LogP contribution in [0.4, 0.5) is 0 Å². The van der Waals surface area contributed by atoms with Crippen molar-refractivity contribution >= 4 is 5.91 Å². The van der Waals surface area contributed by atoms with Gasteiger partial charge in [-0.05, 0) is 24.5 Å². The highest BCUT2D eigenvalue weighted by Crippen LogP contribution is 2.21. The molecule has 0 saturated carbocycles. The molecule has 0 radical (unpaired) electrons. The van der Waals surface area contributed by atoms with Gasteiger partial charge in [-0.25, -0.2) is 0 Å². The van der Waals surface area contributed by atoms with Crippen molar-refractivity contribution in [2.24, 2.45) is 0 Å². The number of aromatic nitrogens is 1. The van der Waals surface area contributed by atoms with E-state index in [2.05, 4.69) is 17.3 Å². The van der Waals surface area contributed by atoms with Gasteiger partial charge in [0.2, 0.25) is 0 Å². The predicted molar refractivity (Wildman–Crippen MR) is 66.1 cm³/mol. The van der Waals surface area contributed by atoms with Crippen LogP contribution in [0.3, 0.4) is 0 Å². The number of aryl methyl sites for hydroxylation is 1. The molecule has 0 unspecified atom stereocenters. The Morgan fingerprint density at radius 1 is 1.33 bits per heavy atom. The number of hydrogen-bond acceptors (Lipinski definition) is 3. The van der Waals surface area contributed by atoms with Crippen LogP contribution in [-0.4, -0.2) is 22.5 Å². The standard InChI is InChI=1S/C14H14N2O2/c1-10-13(8-15-18-10)14(17)16-7-6-11-4-2-3-5-12(11)9-16/h2-5,8H,6-7,9H2,1H3. The van der Waals surface area contributed by atoms with E-state index in [1.54, 1.807) is 6.92 Å². The molecular formula is C14H14N2O2. The van der Waals surface area contributed by atoms with Gasteiger partial charge in [-0.15, -0.1) is 0 Å². The molecule has 1 aromatic carbocycles. The van der Waals surface area contributed by atoms with Gasteiger partial charge < -0.3 is 9.42 Å². The van der Waals surface area contributed by atoms with Crippen LogP contribution in [0.1, 0.15) is 27.2 Å². The monoisotopic (exact) mass is 242 g/mol. The minimum absolute atomic E-state index is 0.00301. The van der Waals surface area contributed by atoms with Crippen molar-refractivity contribution in [1.29, 1.82) is 0 Å². The van der Waals surface area contributed by atoms with Crippen LogP contribution in [0.2, 0.25) is 0 Å². The second-order valence-corrected chi connectivity index (χ2v) is 4.54. The summed E-state index contributed by atoms with van der Waals surface area (Å²) in [5, 5.41) is 3.66. The number of fused-ring (bicyclic) bond motifs is 1. The molecule has 0 N–H and O–H groups in total. The van der Waals surface area contributed by atoms with E-state index in [0.29, 0.717) is 17.9 Å². The summed E-state index contributed by atoms with van der Waals surface area (Å²) in [5.41, 5.74) is 3.13. The van der Waals surface area contributed by atoms with E-state index in [-0.39, 0.29) is 5.91 Å². The average molecular weight is 242 g/mol. The smallest absolute Gasteiger partial charge is 0.259 e. The minimum atomic E-state index is 0.00301. The van der Waals surface area contributed by atoms with E-state index in [9.17, 15) is 4.79 Å². The van der Waals surface area contributed by atoms with Crippen LogP contribution in [0.15, 0.2) is 35.0 Å². The molecule has 2 heterocycles. The Bertz CT molecular complexity index is 589. The fourth-order valence-electron chi connectivity index (χ4n) is 2.34. The molecule has 3 rings (SSSR count). The Morgan fingerprint density at radius 2 is 2.11 bits per heavy atom. The summed E-state index contributed by atoms with van der Waals surface area (Å²) in [6, 6.07) is 8.26. The first-order chi connectivity index (χ1) is 8.75. The summed E-state index contributed by atoms with van der Waals surface area (Å²) in [6.45, 7) is 3.18. The summed E-state index contributed by atoms with van der Waals surface area (Å²) in [7, 11) is 0. The van der Waals surface area contributed by atoms with Gasteiger partial charge >= 0.3 is 0 Å². The van der Waals surface area contributed by atoms with Crippen molar-refractivity contribution in [1.82, 2.24) is 10.1 Å². The number of carbonyl (C=O) groups excluding carboxylic acids is 1. The lowest BCUT2D eigenvalue weighted by Gasteiger charge is -2.28. The Morgan fingerprint density at radius 3 is 2.83 bits per heavy atom. The topological polar surface area (TPSA) is 46.3 Å². The second kappa shape index (κ2) is 4.29. The molecule has 0 fully saturated rings. The Kier molecular flexibility index (Phi) is 2.63. The number of rotatable bonds is 1. The van der Waals surface area contributed by atoms with Crippen molar-refractivity contribution in [3.05, 3.63) is 52.9 Å². The van der Waals surface area contributed by atoms with Crippen LogP contribution in [0.25, 0.3) is 0 Å². The van der Waals surface area contributed by atoms with Gasteiger partial charge in [0, 0.05) is 13.1 Å². The average Bonchev–Trinajstić information content (AvgIpc) is 2.83. The Balaban J connectivity index is 1.84. The third kappa shape index (κ3) is 1.79.